The maximum Gasteiger partial charge on any atom is 0.158 e. The van der Waals surface area contributed by atoms with Crippen LogP contribution in [0.3, 0.4) is 0 Å². The minimum Gasteiger partial charge on any atom is -0.309 e. The van der Waals surface area contributed by atoms with Gasteiger partial charge < -0.3 is 9.47 Å². The van der Waals surface area contributed by atoms with E-state index in [1.54, 1.807) is 0 Å². The van der Waals surface area contributed by atoms with E-state index in [-0.39, 0.29) is 0 Å². The normalized spacial score (nSPS) is 13.6. The number of fused-ring (bicyclic) bond motifs is 1. The lowest BCUT2D eigenvalue weighted by atomic mass is 10.3. The molecule has 6 heteroatoms. The molecule has 0 radical (unpaired) electrons. The first-order valence-electron chi connectivity index (χ1n) is 6.56. The summed E-state index contributed by atoms with van der Waals surface area (Å²) in [5.41, 5.74) is 3.06. The number of aromatic nitrogens is 4. The van der Waals surface area contributed by atoms with Gasteiger partial charge in [0.15, 0.2) is 5.65 Å². The predicted octanol–water partition coefficient (Wildman–Crippen LogP) is 1.98. The molecule has 2 aromatic heterocycles. The standard InChI is InChI=1S/C13H22ClN5/c1-9(8-17(3)4)19-11(6-7-14)15-12-10(2)16-18(5)13(12)19/h9H,6-8H2,1-5H3. The Hall–Kier alpha value is -1.07. The Morgan fingerprint density at radius 2 is 2.05 bits per heavy atom. The van der Waals surface area contributed by atoms with Crippen molar-refractivity contribution in [3.63, 3.8) is 0 Å². The van der Waals surface area contributed by atoms with Crippen LogP contribution in [0.25, 0.3) is 11.2 Å². The van der Waals surface area contributed by atoms with Crippen LogP contribution in [0.4, 0.5) is 0 Å². The molecule has 0 aliphatic rings. The van der Waals surface area contributed by atoms with Crippen molar-refractivity contribution >= 4 is 22.8 Å². The van der Waals surface area contributed by atoms with E-state index in [0.717, 1.165) is 35.6 Å². The van der Waals surface area contributed by atoms with Crippen molar-refractivity contribution in [2.45, 2.75) is 26.3 Å². The topological polar surface area (TPSA) is 38.9 Å². The molecule has 0 amide bonds. The fraction of sp³-hybridized carbons (Fsp3) is 0.692. The second-order valence-corrected chi connectivity index (χ2v) is 5.71. The molecular formula is C13H22ClN5. The van der Waals surface area contributed by atoms with Gasteiger partial charge in [0.2, 0.25) is 0 Å². The van der Waals surface area contributed by atoms with Crippen molar-refractivity contribution in [3.8, 4) is 0 Å². The van der Waals surface area contributed by atoms with Gasteiger partial charge in [-0.1, -0.05) is 0 Å². The summed E-state index contributed by atoms with van der Waals surface area (Å²) in [5.74, 6) is 1.64. The zero-order chi connectivity index (χ0) is 14.2. The second kappa shape index (κ2) is 5.51. The predicted molar refractivity (Wildman–Crippen MR) is 78.9 cm³/mol. The first-order chi connectivity index (χ1) is 8.95. The molecule has 0 fully saturated rings. The zero-order valence-electron chi connectivity index (χ0n) is 12.3. The van der Waals surface area contributed by atoms with E-state index in [9.17, 15) is 0 Å². The summed E-state index contributed by atoms with van der Waals surface area (Å²) in [6.45, 7) is 5.17. The maximum absolute atomic E-state index is 5.91. The van der Waals surface area contributed by atoms with Crippen LogP contribution in [0.15, 0.2) is 0 Å². The molecule has 0 spiro atoms. The van der Waals surface area contributed by atoms with Crippen LogP contribution in [-0.4, -0.2) is 50.8 Å². The minimum absolute atomic E-state index is 0.341. The number of halogens is 1. The molecular weight excluding hydrogens is 262 g/mol. The number of hydrogen-bond donors (Lipinski definition) is 0. The fourth-order valence-corrected chi connectivity index (χ4v) is 2.84. The molecule has 0 N–H and O–H groups in total. The average Bonchev–Trinajstić information content (AvgIpc) is 2.78. The number of aryl methyl sites for hydroxylation is 3. The van der Waals surface area contributed by atoms with Gasteiger partial charge in [-0.2, -0.15) is 5.10 Å². The second-order valence-electron chi connectivity index (χ2n) is 5.33. The van der Waals surface area contributed by atoms with Gasteiger partial charge >= 0.3 is 0 Å². The zero-order valence-corrected chi connectivity index (χ0v) is 13.1. The Morgan fingerprint density at radius 3 is 2.63 bits per heavy atom. The van der Waals surface area contributed by atoms with Gasteiger partial charge in [0.1, 0.15) is 11.3 Å². The molecule has 0 aromatic carbocycles. The van der Waals surface area contributed by atoms with Crippen molar-refractivity contribution in [1.29, 1.82) is 0 Å². The summed E-state index contributed by atoms with van der Waals surface area (Å²) in [5, 5.41) is 4.46. The van der Waals surface area contributed by atoms with E-state index in [2.05, 4.69) is 35.6 Å². The van der Waals surface area contributed by atoms with E-state index < -0.39 is 0 Å². The largest absolute Gasteiger partial charge is 0.309 e. The van der Waals surface area contributed by atoms with E-state index in [1.807, 2.05) is 18.7 Å². The van der Waals surface area contributed by atoms with E-state index >= 15 is 0 Å². The van der Waals surface area contributed by atoms with Crippen molar-refractivity contribution < 1.29 is 0 Å². The smallest absolute Gasteiger partial charge is 0.158 e. The highest BCUT2D eigenvalue weighted by Crippen LogP contribution is 2.24. The maximum atomic E-state index is 5.91. The Kier molecular flexibility index (Phi) is 4.16. The van der Waals surface area contributed by atoms with Crippen LogP contribution >= 0.6 is 11.6 Å². The van der Waals surface area contributed by atoms with Gasteiger partial charge in [-0.25, -0.2) is 4.98 Å². The van der Waals surface area contributed by atoms with Crippen LogP contribution < -0.4 is 0 Å². The third kappa shape index (κ3) is 2.62. The quantitative estimate of drug-likeness (QED) is 0.788. The van der Waals surface area contributed by atoms with E-state index in [1.165, 1.54) is 0 Å². The van der Waals surface area contributed by atoms with Gasteiger partial charge in [-0.3, -0.25) is 4.68 Å². The summed E-state index contributed by atoms with van der Waals surface area (Å²) < 4.78 is 4.19. The summed E-state index contributed by atoms with van der Waals surface area (Å²) in [6, 6.07) is 0.341. The number of hydrogen-bond acceptors (Lipinski definition) is 3. The molecule has 0 saturated carbocycles. The minimum atomic E-state index is 0.341. The summed E-state index contributed by atoms with van der Waals surface area (Å²) in [6.07, 6.45) is 0.785. The van der Waals surface area contributed by atoms with Gasteiger partial charge in [-0.05, 0) is 27.9 Å². The Balaban J connectivity index is 2.56. The summed E-state index contributed by atoms with van der Waals surface area (Å²) in [4.78, 5) is 6.91. The highest BCUT2D eigenvalue weighted by Gasteiger charge is 2.20. The SMILES string of the molecule is Cc1nn(C)c2c1nc(CCCl)n2C(C)CN(C)C. The fourth-order valence-electron chi connectivity index (χ4n) is 2.67. The summed E-state index contributed by atoms with van der Waals surface area (Å²) in [7, 11) is 6.14. The molecule has 106 valence electrons. The summed E-state index contributed by atoms with van der Waals surface area (Å²) >= 11 is 5.91. The molecule has 0 aliphatic carbocycles. The Bertz CT molecular complexity index is 569. The number of alkyl halides is 1. The highest BCUT2D eigenvalue weighted by molar-refractivity contribution is 6.17. The van der Waals surface area contributed by atoms with Gasteiger partial charge in [-0.15, -0.1) is 11.6 Å². The average molecular weight is 284 g/mol. The highest BCUT2D eigenvalue weighted by atomic mass is 35.5. The molecule has 19 heavy (non-hydrogen) atoms. The van der Waals surface area contributed by atoms with Crippen LogP contribution in [0, 0.1) is 6.92 Å². The van der Waals surface area contributed by atoms with Gasteiger partial charge in [0, 0.05) is 31.9 Å². The van der Waals surface area contributed by atoms with Crippen LogP contribution in [0.1, 0.15) is 24.5 Å². The lowest BCUT2D eigenvalue weighted by molar-refractivity contribution is 0.335. The van der Waals surface area contributed by atoms with E-state index in [0.29, 0.717) is 11.9 Å². The molecule has 0 bridgehead atoms. The molecule has 2 aromatic rings. The molecule has 1 unspecified atom stereocenters. The molecule has 5 nitrogen and oxygen atoms in total. The number of nitrogens with zero attached hydrogens (tertiary/aromatic N) is 5. The number of imidazole rings is 1. The third-order valence-electron chi connectivity index (χ3n) is 3.30. The van der Waals surface area contributed by atoms with E-state index in [4.69, 9.17) is 16.6 Å². The van der Waals surface area contributed by atoms with Crippen LogP contribution in [0.2, 0.25) is 0 Å². The number of rotatable bonds is 5. The van der Waals surface area contributed by atoms with Crippen molar-refractivity contribution in [2.24, 2.45) is 7.05 Å². The van der Waals surface area contributed by atoms with Gasteiger partial charge in [0.05, 0.1) is 5.69 Å². The molecule has 0 aliphatic heterocycles. The van der Waals surface area contributed by atoms with Crippen LogP contribution in [-0.2, 0) is 13.5 Å². The van der Waals surface area contributed by atoms with Crippen LogP contribution in [0.5, 0.6) is 0 Å². The first-order valence-corrected chi connectivity index (χ1v) is 7.10. The first kappa shape index (κ1) is 14.3. The molecule has 0 saturated heterocycles. The number of likely N-dealkylation sites (N-methyl/N-ethyl adjacent to an activating group) is 1. The Labute approximate surface area is 119 Å². The lowest BCUT2D eigenvalue weighted by Gasteiger charge is -2.21. The van der Waals surface area contributed by atoms with Crippen molar-refractivity contribution in [3.05, 3.63) is 11.5 Å². The monoisotopic (exact) mass is 283 g/mol. The van der Waals surface area contributed by atoms with Crippen molar-refractivity contribution in [1.82, 2.24) is 24.2 Å². The lowest BCUT2D eigenvalue weighted by Crippen LogP contribution is -2.24. The third-order valence-corrected chi connectivity index (χ3v) is 3.49. The van der Waals surface area contributed by atoms with Crippen molar-refractivity contribution in [2.75, 3.05) is 26.5 Å². The molecule has 2 heterocycles. The Morgan fingerprint density at radius 1 is 1.37 bits per heavy atom. The van der Waals surface area contributed by atoms with Gasteiger partial charge in [0.25, 0.3) is 0 Å². The molecule has 1 atom stereocenters. The molecule has 2 rings (SSSR count).